The Morgan fingerprint density at radius 2 is 2.04 bits per heavy atom. The average Bonchev–Trinajstić information content (AvgIpc) is 2.48. The first-order valence-electron chi connectivity index (χ1n) is 6.77. The zero-order valence-electron chi connectivity index (χ0n) is 12.4. The third-order valence-electron chi connectivity index (χ3n) is 3.66. The molecule has 2 rings (SSSR count). The molecular weight excluding hydrogens is 365 g/mol. The lowest BCUT2D eigenvalue weighted by atomic mass is 9.98. The largest absolute Gasteiger partial charge is 0.506 e. The van der Waals surface area contributed by atoms with E-state index in [2.05, 4.69) is 16.8 Å². The predicted octanol–water partition coefficient (Wildman–Crippen LogP) is 3.32. The Kier molecular flexibility index (Phi) is 9.49. The molecule has 1 aliphatic rings. The van der Waals surface area contributed by atoms with Gasteiger partial charge in [0.25, 0.3) is 5.69 Å². The predicted molar refractivity (Wildman–Crippen MR) is 96.3 cm³/mol. The number of hydrogen-bond donors (Lipinski definition) is 2. The van der Waals surface area contributed by atoms with Gasteiger partial charge in [-0.1, -0.05) is 17.7 Å². The van der Waals surface area contributed by atoms with Gasteiger partial charge in [-0.15, -0.1) is 31.4 Å². The third-order valence-corrected chi connectivity index (χ3v) is 3.96. The Morgan fingerprint density at radius 3 is 2.57 bits per heavy atom. The lowest BCUT2D eigenvalue weighted by Crippen LogP contribution is -2.45. The lowest BCUT2D eigenvalue weighted by Gasteiger charge is -2.34. The number of aromatic hydroxyl groups is 1. The zero-order chi connectivity index (χ0) is 15.4. The van der Waals surface area contributed by atoms with Crippen LogP contribution in [0.25, 0.3) is 0 Å². The molecule has 0 saturated carbocycles. The van der Waals surface area contributed by atoms with E-state index in [1.807, 2.05) is 0 Å². The number of rotatable bonds is 5. The molecule has 0 radical (unpaired) electrons. The van der Waals surface area contributed by atoms with Gasteiger partial charge >= 0.3 is 0 Å². The van der Waals surface area contributed by atoms with Crippen molar-refractivity contribution in [2.45, 2.75) is 12.5 Å². The van der Waals surface area contributed by atoms with Gasteiger partial charge in [0.2, 0.25) is 0 Å². The molecule has 1 heterocycles. The molecule has 1 aliphatic heterocycles. The van der Waals surface area contributed by atoms with Crippen LogP contribution in [0.1, 0.15) is 18.0 Å². The molecule has 1 saturated heterocycles. The number of nitro benzene ring substituents is 1. The molecule has 1 aromatic rings. The summed E-state index contributed by atoms with van der Waals surface area (Å²) in [6.07, 6.45) is 2.21. The van der Waals surface area contributed by atoms with Crippen LogP contribution in [0.3, 0.4) is 0 Å². The topological polar surface area (TPSA) is 78.6 Å². The Balaban J connectivity index is 0.00000242. The smallest absolute Gasteiger partial charge is 0.278 e. The fraction of sp³-hybridized carbons (Fsp3) is 0.429. The van der Waals surface area contributed by atoms with Crippen molar-refractivity contribution < 1.29 is 10.0 Å². The van der Waals surface area contributed by atoms with Gasteiger partial charge in [0.1, 0.15) is 5.75 Å². The molecule has 1 aromatic carbocycles. The third kappa shape index (κ3) is 4.96. The number of nitrogens with one attached hydrogen (secondary N) is 1. The summed E-state index contributed by atoms with van der Waals surface area (Å²) in [6, 6.07) is 2.39. The van der Waals surface area contributed by atoms with Crippen LogP contribution in [0.4, 0.5) is 5.69 Å². The molecule has 130 valence electrons. The molecule has 9 heteroatoms. The van der Waals surface area contributed by atoms with Crippen LogP contribution in [0.15, 0.2) is 24.8 Å². The van der Waals surface area contributed by atoms with Crippen molar-refractivity contribution in [2.75, 3.05) is 26.2 Å². The number of phenolic OH excluding ortho intramolecular Hbond substituents is 1. The number of phenols is 1. The lowest BCUT2D eigenvalue weighted by molar-refractivity contribution is -0.386. The van der Waals surface area contributed by atoms with Gasteiger partial charge in [-0.2, -0.15) is 0 Å². The minimum absolute atomic E-state index is 0. The molecule has 0 bridgehead atoms. The number of nitro groups is 1. The van der Waals surface area contributed by atoms with Gasteiger partial charge in [-0.3, -0.25) is 15.0 Å². The molecule has 0 aromatic heterocycles. The minimum Gasteiger partial charge on any atom is -0.506 e. The monoisotopic (exact) mass is 383 g/mol. The number of benzene rings is 1. The molecule has 6 nitrogen and oxygen atoms in total. The first-order valence-corrected chi connectivity index (χ1v) is 7.15. The van der Waals surface area contributed by atoms with E-state index in [9.17, 15) is 15.2 Å². The van der Waals surface area contributed by atoms with Crippen molar-refractivity contribution in [3.05, 3.63) is 45.5 Å². The fourth-order valence-corrected chi connectivity index (χ4v) is 2.82. The van der Waals surface area contributed by atoms with E-state index in [1.54, 1.807) is 6.08 Å². The quantitative estimate of drug-likeness (QED) is 0.462. The summed E-state index contributed by atoms with van der Waals surface area (Å²) in [5.41, 5.74) is 0.164. The van der Waals surface area contributed by atoms with Crippen molar-refractivity contribution in [2.24, 2.45) is 0 Å². The molecular formula is C14H20Cl3N3O3. The molecule has 0 spiro atoms. The van der Waals surface area contributed by atoms with Gasteiger partial charge in [-0.05, 0) is 12.5 Å². The first-order chi connectivity index (χ1) is 10.1. The summed E-state index contributed by atoms with van der Waals surface area (Å²) in [5.74, 6) is -0.212. The molecule has 1 fully saturated rings. The van der Waals surface area contributed by atoms with E-state index < -0.39 is 4.92 Å². The summed E-state index contributed by atoms with van der Waals surface area (Å²) < 4.78 is 0. The van der Waals surface area contributed by atoms with Crippen LogP contribution in [0.2, 0.25) is 5.02 Å². The zero-order valence-corrected chi connectivity index (χ0v) is 14.8. The highest BCUT2D eigenvalue weighted by Gasteiger charge is 2.31. The number of piperazine rings is 1. The highest BCUT2D eigenvalue weighted by molar-refractivity contribution is 6.32. The molecule has 0 unspecified atom stereocenters. The fourth-order valence-electron chi connectivity index (χ4n) is 2.66. The maximum absolute atomic E-state index is 11.3. The van der Waals surface area contributed by atoms with Crippen molar-refractivity contribution in [3.8, 4) is 5.75 Å². The van der Waals surface area contributed by atoms with E-state index in [0.29, 0.717) is 6.42 Å². The highest BCUT2D eigenvalue weighted by atomic mass is 35.5. The Bertz CT molecular complexity index is 552. The van der Waals surface area contributed by atoms with Crippen LogP contribution >= 0.6 is 36.4 Å². The van der Waals surface area contributed by atoms with Crippen LogP contribution in [-0.2, 0) is 0 Å². The summed E-state index contributed by atoms with van der Waals surface area (Å²) in [6.45, 7) is 6.84. The first kappa shape index (κ1) is 21.9. The standard InChI is InChI=1S/C14H18ClN3O3.2ClH/c1-2-3-11(17-8-6-16-7-9-17)13-12(18(20)21)5-4-10(15)14(13)19;;/h2,4-5,11,16,19H,1,3,6-9H2;2*1H/t11-;;/m0../s1. The Hall–Kier alpha value is -1.05. The van der Waals surface area contributed by atoms with Crippen LogP contribution in [0, 0.1) is 10.1 Å². The van der Waals surface area contributed by atoms with E-state index in [4.69, 9.17) is 11.6 Å². The van der Waals surface area contributed by atoms with Gasteiger partial charge in [0.15, 0.2) is 0 Å². The highest BCUT2D eigenvalue weighted by Crippen LogP contribution is 2.42. The van der Waals surface area contributed by atoms with Crippen LogP contribution < -0.4 is 5.32 Å². The van der Waals surface area contributed by atoms with Crippen LogP contribution in [-0.4, -0.2) is 41.1 Å². The summed E-state index contributed by atoms with van der Waals surface area (Å²) in [5, 5.41) is 24.9. The van der Waals surface area contributed by atoms with Gasteiger partial charge in [-0.25, -0.2) is 0 Å². The minimum atomic E-state index is -0.482. The Labute approximate surface area is 152 Å². The molecule has 0 aliphatic carbocycles. The average molecular weight is 385 g/mol. The van der Waals surface area contributed by atoms with Crippen molar-refractivity contribution in [1.82, 2.24) is 10.2 Å². The normalized spacial score (nSPS) is 15.9. The molecule has 0 amide bonds. The van der Waals surface area contributed by atoms with E-state index in [-0.39, 0.29) is 52.9 Å². The maximum Gasteiger partial charge on any atom is 0.278 e. The second-order valence-corrected chi connectivity index (χ2v) is 5.32. The van der Waals surface area contributed by atoms with Gasteiger partial charge < -0.3 is 10.4 Å². The number of hydrogen-bond acceptors (Lipinski definition) is 5. The summed E-state index contributed by atoms with van der Waals surface area (Å²) in [7, 11) is 0. The number of halogens is 3. The second kappa shape index (κ2) is 9.95. The van der Waals surface area contributed by atoms with E-state index >= 15 is 0 Å². The maximum atomic E-state index is 11.3. The van der Waals surface area contributed by atoms with Gasteiger partial charge in [0.05, 0.1) is 15.5 Å². The SMILES string of the molecule is C=CC[C@@H](c1c([N+](=O)[O-])ccc(Cl)c1O)N1CCNCC1.Cl.Cl. The van der Waals surface area contributed by atoms with Gasteiger partial charge in [0, 0.05) is 38.3 Å². The Morgan fingerprint density at radius 1 is 1.43 bits per heavy atom. The summed E-state index contributed by atoms with van der Waals surface area (Å²) >= 11 is 5.94. The molecule has 2 N–H and O–H groups in total. The van der Waals surface area contributed by atoms with E-state index in [1.165, 1.54) is 12.1 Å². The van der Waals surface area contributed by atoms with Crippen molar-refractivity contribution in [1.29, 1.82) is 0 Å². The van der Waals surface area contributed by atoms with E-state index in [0.717, 1.165) is 26.2 Å². The molecule has 23 heavy (non-hydrogen) atoms. The van der Waals surface area contributed by atoms with Crippen molar-refractivity contribution in [3.63, 3.8) is 0 Å². The van der Waals surface area contributed by atoms with Crippen molar-refractivity contribution >= 4 is 42.1 Å². The van der Waals surface area contributed by atoms with Crippen LogP contribution in [0.5, 0.6) is 5.75 Å². The summed E-state index contributed by atoms with van der Waals surface area (Å²) in [4.78, 5) is 12.9. The second-order valence-electron chi connectivity index (χ2n) is 4.91. The molecule has 1 atom stereocenters. The number of nitrogens with zero attached hydrogens (tertiary/aromatic N) is 2.